The molecular weight excluding hydrogens is 302 g/mol. The van der Waals surface area contributed by atoms with Gasteiger partial charge in [-0.2, -0.15) is 0 Å². The van der Waals surface area contributed by atoms with Crippen LogP contribution in [0.3, 0.4) is 0 Å². The fraction of sp³-hybridized carbons (Fsp3) is 0.350. The van der Waals surface area contributed by atoms with Gasteiger partial charge in [-0.25, -0.2) is 0 Å². The number of benzene rings is 2. The Bertz CT molecular complexity index is 682. The number of hydrogen-bond acceptors (Lipinski definition) is 3. The molecule has 0 aliphatic heterocycles. The largest absolute Gasteiger partial charge is 0.493 e. The van der Waals surface area contributed by atoms with Gasteiger partial charge in [-0.05, 0) is 43.0 Å². The van der Waals surface area contributed by atoms with Gasteiger partial charge in [-0.1, -0.05) is 35.9 Å². The first-order chi connectivity index (χ1) is 11.6. The molecule has 0 fully saturated rings. The van der Waals surface area contributed by atoms with Gasteiger partial charge >= 0.3 is 0 Å². The van der Waals surface area contributed by atoms with Crippen molar-refractivity contribution in [1.29, 1.82) is 0 Å². The van der Waals surface area contributed by atoms with E-state index in [1.54, 1.807) is 14.2 Å². The third-order valence-corrected chi connectivity index (χ3v) is 3.91. The normalized spacial score (nSPS) is 10.3. The topological polar surface area (TPSA) is 47.6 Å². The second-order valence-corrected chi connectivity index (χ2v) is 5.78. The van der Waals surface area contributed by atoms with Crippen LogP contribution in [0.1, 0.15) is 23.1 Å². The van der Waals surface area contributed by atoms with Crippen molar-refractivity contribution in [3.8, 4) is 11.5 Å². The highest BCUT2D eigenvalue weighted by Gasteiger charge is 2.06. The monoisotopic (exact) mass is 327 g/mol. The summed E-state index contributed by atoms with van der Waals surface area (Å²) in [5, 5.41) is 2.97. The summed E-state index contributed by atoms with van der Waals surface area (Å²) >= 11 is 0. The molecule has 4 heteroatoms. The summed E-state index contributed by atoms with van der Waals surface area (Å²) < 4.78 is 10.5. The third kappa shape index (κ3) is 5.30. The summed E-state index contributed by atoms with van der Waals surface area (Å²) in [7, 11) is 3.24. The molecule has 0 unspecified atom stereocenters. The Kier molecular flexibility index (Phi) is 6.67. The Morgan fingerprint density at radius 1 is 0.958 bits per heavy atom. The second-order valence-electron chi connectivity index (χ2n) is 5.78. The Labute approximate surface area is 143 Å². The van der Waals surface area contributed by atoms with Crippen LogP contribution in [-0.2, 0) is 17.6 Å². The Hall–Kier alpha value is -2.49. The fourth-order valence-corrected chi connectivity index (χ4v) is 2.60. The van der Waals surface area contributed by atoms with Gasteiger partial charge < -0.3 is 14.8 Å². The van der Waals surface area contributed by atoms with Gasteiger partial charge in [-0.3, -0.25) is 4.79 Å². The Morgan fingerprint density at radius 3 is 2.42 bits per heavy atom. The molecule has 0 aliphatic rings. The maximum atomic E-state index is 12.0. The molecule has 0 saturated carbocycles. The molecule has 24 heavy (non-hydrogen) atoms. The van der Waals surface area contributed by atoms with Gasteiger partial charge in [0.25, 0.3) is 0 Å². The molecule has 1 N–H and O–H groups in total. The van der Waals surface area contributed by atoms with Crippen molar-refractivity contribution in [3.63, 3.8) is 0 Å². The molecule has 0 aliphatic carbocycles. The van der Waals surface area contributed by atoms with Crippen molar-refractivity contribution in [1.82, 2.24) is 5.32 Å². The van der Waals surface area contributed by atoms with Crippen molar-refractivity contribution in [2.24, 2.45) is 0 Å². The molecule has 2 aromatic rings. The van der Waals surface area contributed by atoms with Crippen LogP contribution < -0.4 is 14.8 Å². The van der Waals surface area contributed by atoms with Crippen LogP contribution in [0.4, 0.5) is 0 Å². The molecule has 0 heterocycles. The van der Waals surface area contributed by atoms with E-state index in [9.17, 15) is 4.79 Å². The van der Waals surface area contributed by atoms with E-state index in [-0.39, 0.29) is 5.91 Å². The molecule has 4 nitrogen and oxygen atoms in total. The van der Waals surface area contributed by atoms with E-state index in [0.717, 1.165) is 18.4 Å². The quantitative estimate of drug-likeness (QED) is 0.809. The minimum atomic E-state index is 0.0805. The van der Waals surface area contributed by atoms with Crippen LogP contribution in [0.15, 0.2) is 42.5 Å². The minimum absolute atomic E-state index is 0.0805. The van der Waals surface area contributed by atoms with E-state index in [0.29, 0.717) is 24.5 Å². The number of carbonyl (C=O) groups is 1. The van der Waals surface area contributed by atoms with Gasteiger partial charge in [-0.15, -0.1) is 0 Å². The molecular formula is C20H25NO3. The number of rotatable bonds is 8. The van der Waals surface area contributed by atoms with Gasteiger partial charge in [0.15, 0.2) is 11.5 Å². The molecule has 0 atom stereocenters. The summed E-state index contributed by atoms with van der Waals surface area (Å²) in [5.41, 5.74) is 3.53. The number of nitrogens with one attached hydrogen (secondary N) is 1. The predicted octanol–water partition coefficient (Wildman–Crippen LogP) is 3.30. The summed E-state index contributed by atoms with van der Waals surface area (Å²) in [6.45, 7) is 2.68. The SMILES string of the molecule is COc1ccc(CCNC(=O)CCc2cccc(C)c2)cc1OC. The van der Waals surface area contributed by atoms with Crippen molar-refractivity contribution in [2.45, 2.75) is 26.2 Å². The van der Waals surface area contributed by atoms with Crippen molar-refractivity contribution in [2.75, 3.05) is 20.8 Å². The standard InChI is InChI=1S/C20H25NO3/c1-15-5-4-6-16(13-15)8-10-20(22)21-12-11-17-7-9-18(23-2)19(14-17)24-3/h4-7,9,13-14H,8,10-12H2,1-3H3,(H,21,22). The molecule has 0 spiro atoms. The molecule has 2 aromatic carbocycles. The lowest BCUT2D eigenvalue weighted by atomic mass is 10.1. The van der Waals surface area contributed by atoms with E-state index < -0.39 is 0 Å². The lowest BCUT2D eigenvalue weighted by Gasteiger charge is -2.10. The van der Waals surface area contributed by atoms with Crippen LogP contribution >= 0.6 is 0 Å². The first-order valence-corrected chi connectivity index (χ1v) is 8.15. The average molecular weight is 327 g/mol. The highest BCUT2D eigenvalue weighted by molar-refractivity contribution is 5.76. The Morgan fingerprint density at radius 2 is 1.71 bits per heavy atom. The summed E-state index contributed by atoms with van der Waals surface area (Å²) in [6.07, 6.45) is 2.04. The molecule has 2 rings (SSSR count). The van der Waals surface area contributed by atoms with Crippen LogP contribution in [-0.4, -0.2) is 26.7 Å². The lowest BCUT2D eigenvalue weighted by Crippen LogP contribution is -2.25. The third-order valence-electron chi connectivity index (χ3n) is 3.91. The van der Waals surface area contributed by atoms with Crippen LogP contribution in [0.2, 0.25) is 0 Å². The van der Waals surface area contributed by atoms with Crippen molar-refractivity contribution >= 4 is 5.91 Å². The molecule has 0 radical (unpaired) electrons. The predicted molar refractivity (Wildman–Crippen MR) is 95.8 cm³/mol. The molecule has 1 amide bonds. The molecule has 0 aromatic heterocycles. The first-order valence-electron chi connectivity index (χ1n) is 8.15. The lowest BCUT2D eigenvalue weighted by molar-refractivity contribution is -0.121. The molecule has 0 saturated heterocycles. The van der Waals surface area contributed by atoms with Gasteiger partial charge in [0.05, 0.1) is 14.2 Å². The highest BCUT2D eigenvalue weighted by atomic mass is 16.5. The maximum Gasteiger partial charge on any atom is 0.220 e. The molecule has 0 bridgehead atoms. The number of carbonyl (C=O) groups excluding carboxylic acids is 1. The van der Waals surface area contributed by atoms with Gasteiger partial charge in [0.2, 0.25) is 5.91 Å². The fourth-order valence-electron chi connectivity index (χ4n) is 2.60. The van der Waals surface area contributed by atoms with Gasteiger partial charge in [0.1, 0.15) is 0 Å². The van der Waals surface area contributed by atoms with E-state index >= 15 is 0 Å². The van der Waals surface area contributed by atoms with Gasteiger partial charge in [0, 0.05) is 13.0 Å². The zero-order valence-corrected chi connectivity index (χ0v) is 14.6. The van der Waals surface area contributed by atoms with Crippen molar-refractivity contribution in [3.05, 3.63) is 59.2 Å². The zero-order valence-electron chi connectivity index (χ0n) is 14.6. The average Bonchev–Trinajstić information content (AvgIpc) is 2.60. The smallest absolute Gasteiger partial charge is 0.220 e. The number of amides is 1. The Balaban J connectivity index is 1.76. The number of hydrogen-bond donors (Lipinski definition) is 1. The summed E-state index contributed by atoms with van der Waals surface area (Å²) in [6, 6.07) is 14.1. The summed E-state index contributed by atoms with van der Waals surface area (Å²) in [4.78, 5) is 12.0. The van der Waals surface area contributed by atoms with Crippen molar-refractivity contribution < 1.29 is 14.3 Å². The van der Waals surface area contributed by atoms with Crippen LogP contribution in [0, 0.1) is 6.92 Å². The number of ether oxygens (including phenoxy) is 2. The maximum absolute atomic E-state index is 12.0. The highest BCUT2D eigenvalue weighted by Crippen LogP contribution is 2.27. The zero-order chi connectivity index (χ0) is 17.4. The van der Waals surface area contributed by atoms with Crippen LogP contribution in [0.25, 0.3) is 0 Å². The van der Waals surface area contributed by atoms with E-state index in [4.69, 9.17) is 9.47 Å². The molecule has 128 valence electrons. The second kappa shape index (κ2) is 8.96. The summed E-state index contributed by atoms with van der Waals surface area (Å²) in [5.74, 6) is 1.50. The number of methoxy groups -OCH3 is 2. The van der Waals surface area contributed by atoms with Crippen LogP contribution in [0.5, 0.6) is 11.5 Å². The minimum Gasteiger partial charge on any atom is -0.493 e. The number of aryl methyl sites for hydroxylation is 2. The van der Waals surface area contributed by atoms with E-state index in [1.807, 2.05) is 24.3 Å². The van der Waals surface area contributed by atoms with E-state index in [1.165, 1.54) is 11.1 Å². The van der Waals surface area contributed by atoms with E-state index in [2.05, 4.69) is 30.4 Å². The first kappa shape index (κ1) is 17.9.